The standard InChI is InChI=1S/C21H28O3/c1-20(2)12-7-13-21(3)16(17(22)10-11-18(20)21)14-24-19(23)15-8-5-4-6-9-15/h4-6,8-9,16,18H,7,10-14H2,1-3H3/t16-,18?,21+/m1/s1. The lowest BCUT2D eigenvalue weighted by Gasteiger charge is -2.56. The van der Waals surface area contributed by atoms with E-state index >= 15 is 0 Å². The summed E-state index contributed by atoms with van der Waals surface area (Å²) in [4.78, 5) is 24.9. The highest BCUT2D eigenvalue weighted by molar-refractivity contribution is 5.90. The molecule has 0 amide bonds. The Morgan fingerprint density at radius 2 is 1.88 bits per heavy atom. The summed E-state index contributed by atoms with van der Waals surface area (Å²) in [7, 11) is 0. The van der Waals surface area contributed by atoms with Crippen molar-refractivity contribution in [2.24, 2.45) is 22.7 Å². The molecule has 130 valence electrons. The highest BCUT2D eigenvalue weighted by Gasteiger charge is 2.54. The quantitative estimate of drug-likeness (QED) is 0.758. The maximum absolute atomic E-state index is 12.6. The third-order valence-electron chi connectivity index (χ3n) is 6.53. The predicted molar refractivity (Wildman–Crippen MR) is 93.7 cm³/mol. The molecular weight excluding hydrogens is 300 g/mol. The number of benzene rings is 1. The van der Waals surface area contributed by atoms with Crippen molar-refractivity contribution in [1.29, 1.82) is 0 Å². The van der Waals surface area contributed by atoms with Gasteiger partial charge in [-0.2, -0.15) is 0 Å². The van der Waals surface area contributed by atoms with E-state index in [4.69, 9.17) is 4.74 Å². The Balaban J connectivity index is 1.76. The van der Waals surface area contributed by atoms with E-state index in [-0.39, 0.29) is 35.1 Å². The van der Waals surface area contributed by atoms with Crippen LogP contribution < -0.4 is 0 Å². The second kappa shape index (κ2) is 6.34. The van der Waals surface area contributed by atoms with Gasteiger partial charge in [-0.1, -0.05) is 45.4 Å². The number of Topliss-reactive ketones (excluding diaryl/α,β-unsaturated/α-hetero) is 1. The molecule has 0 heterocycles. The molecule has 0 aliphatic heterocycles. The summed E-state index contributed by atoms with van der Waals surface area (Å²) in [5.74, 6) is 0.303. The Bertz CT molecular complexity index is 619. The number of ketones is 1. The summed E-state index contributed by atoms with van der Waals surface area (Å²) in [5, 5.41) is 0. The predicted octanol–water partition coefficient (Wildman–Crippen LogP) is 4.66. The maximum Gasteiger partial charge on any atom is 0.338 e. The minimum atomic E-state index is -0.329. The first-order valence-electron chi connectivity index (χ1n) is 9.09. The number of esters is 1. The average molecular weight is 328 g/mol. The summed E-state index contributed by atoms with van der Waals surface area (Å²) in [6, 6.07) is 9.02. The van der Waals surface area contributed by atoms with Crippen LogP contribution in [0.3, 0.4) is 0 Å². The molecule has 2 aliphatic rings. The van der Waals surface area contributed by atoms with Gasteiger partial charge in [0, 0.05) is 6.42 Å². The molecule has 3 rings (SSSR count). The van der Waals surface area contributed by atoms with Crippen LogP contribution in [0.2, 0.25) is 0 Å². The van der Waals surface area contributed by atoms with Gasteiger partial charge in [0.2, 0.25) is 0 Å². The monoisotopic (exact) mass is 328 g/mol. The van der Waals surface area contributed by atoms with E-state index in [0.717, 1.165) is 19.3 Å². The molecule has 2 fully saturated rings. The third-order valence-corrected chi connectivity index (χ3v) is 6.53. The fraction of sp³-hybridized carbons (Fsp3) is 0.619. The Morgan fingerprint density at radius 3 is 2.58 bits per heavy atom. The van der Waals surface area contributed by atoms with Crippen molar-refractivity contribution in [3.05, 3.63) is 35.9 Å². The van der Waals surface area contributed by atoms with Crippen LogP contribution in [-0.4, -0.2) is 18.4 Å². The van der Waals surface area contributed by atoms with Crippen LogP contribution in [0, 0.1) is 22.7 Å². The molecule has 24 heavy (non-hydrogen) atoms. The van der Waals surface area contributed by atoms with Crippen LogP contribution in [0.15, 0.2) is 30.3 Å². The summed E-state index contributed by atoms with van der Waals surface area (Å²) < 4.78 is 5.56. The van der Waals surface area contributed by atoms with Crippen molar-refractivity contribution in [2.75, 3.05) is 6.61 Å². The number of ether oxygens (including phenoxy) is 1. The summed E-state index contributed by atoms with van der Waals surface area (Å²) in [6.45, 7) is 7.13. The molecule has 3 atom stereocenters. The molecule has 0 saturated heterocycles. The van der Waals surface area contributed by atoms with E-state index in [1.54, 1.807) is 12.1 Å². The Morgan fingerprint density at radius 1 is 1.17 bits per heavy atom. The molecule has 1 aromatic carbocycles. The van der Waals surface area contributed by atoms with E-state index in [1.807, 2.05) is 18.2 Å². The molecule has 3 heteroatoms. The Labute approximate surface area is 144 Å². The number of fused-ring (bicyclic) bond motifs is 1. The van der Waals surface area contributed by atoms with E-state index < -0.39 is 0 Å². The van der Waals surface area contributed by atoms with Crippen molar-refractivity contribution in [1.82, 2.24) is 0 Å². The van der Waals surface area contributed by atoms with Gasteiger partial charge < -0.3 is 4.74 Å². The van der Waals surface area contributed by atoms with Crippen molar-refractivity contribution < 1.29 is 14.3 Å². The maximum atomic E-state index is 12.6. The first-order valence-corrected chi connectivity index (χ1v) is 9.09. The van der Waals surface area contributed by atoms with Crippen LogP contribution in [0.4, 0.5) is 0 Å². The number of carbonyl (C=O) groups is 2. The van der Waals surface area contributed by atoms with Gasteiger partial charge in [-0.15, -0.1) is 0 Å². The first-order chi connectivity index (χ1) is 11.3. The SMILES string of the molecule is CC1(C)CCC[C@]2(C)C1CCC(=O)[C@H]2COC(=O)c1ccccc1. The average Bonchev–Trinajstić information content (AvgIpc) is 2.54. The van der Waals surface area contributed by atoms with E-state index in [2.05, 4.69) is 20.8 Å². The smallest absolute Gasteiger partial charge is 0.338 e. The fourth-order valence-corrected chi connectivity index (χ4v) is 5.23. The van der Waals surface area contributed by atoms with Crippen LogP contribution in [0.5, 0.6) is 0 Å². The van der Waals surface area contributed by atoms with Gasteiger partial charge in [-0.25, -0.2) is 4.79 Å². The summed E-state index contributed by atoms with van der Waals surface area (Å²) >= 11 is 0. The van der Waals surface area contributed by atoms with E-state index in [0.29, 0.717) is 17.9 Å². The van der Waals surface area contributed by atoms with Crippen molar-refractivity contribution >= 4 is 11.8 Å². The van der Waals surface area contributed by atoms with Crippen LogP contribution in [0.1, 0.15) is 63.2 Å². The van der Waals surface area contributed by atoms with Gasteiger partial charge in [0.15, 0.2) is 0 Å². The van der Waals surface area contributed by atoms with Crippen molar-refractivity contribution in [3.63, 3.8) is 0 Å². The molecule has 0 aromatic heterocycles. The van der Waals surface area contributed by atoms with Crippen LogP contribution in [0.25, 0.3) is 0 Å². The largest absolute Gasteiger partial charge is 0.461 e. The molecular formula is C21H28O3. The highest BCUT2D eigenvalue weighted by atomic mass is 16.5. The lowest BCUT2D eigenvalue weighted by Crippen LogP contribution is -2.53. The van der Waals surface area contributed by atoms with E-state index in [1.165, 1.54) is 6.42 Å². The molecule has 0 N–H and O–H groups in total. The molecule has 1 aromatic rings. The number of carbonyl (C=O) groups excluding carboxylic acids is 2. The highest BCUT2D eigenvalue weighted by Crippen LogP contribution is 2.58. The van der Waals surface area contributed by atoms with Gasteiger partial charge in [-0.05, 0) is 48.1 Å². The minimum Gasteiger partial charge on any atom is -0.461 e. The lowest BCUT2D eigenvalue weighted by molar-refractivity contribution is -0.146. The zero-order valence-corrected chi connectivity index (χ0v) is 15.0. The topological polar surface area (TPSA) is 43.4 Å². The second-order valence-corrected chi connectivity index (χ2v) is 8.42. The lowest BCUT2D eigenvalue weighted by atomic mass is 9.48. The molecule has 0 spiro atoms. The summed E-state index contributed by atoms with van der Waals surface area (Å²) in [5.41, 5.74) is 0.759. The van der Waals surface area contributed by atoms with Gasteiger partial charge in [0.05, 0.1) is 11.5 Å². The second-order valence-electron chi connectivity index (χ2n) is 8.42. The molecule has 2 aliphatic carbocycles. The van der Waals surface area contributed by atoms with Crippen LogP contribution >= 0.6 is 0 Å². The number of hydrogen-bond donors (Lipinski definition) is 0. The van der Waals surface area contributed by atoms with Gasteiger partial charge in [-0.3, -0.25) is 4.79 Å². The van der Waals surface area contributed by atoms with Crippen molar-refractivity contribution in [3.8, 4) is 0 Å². The zero-order chi connectivity index (χ0) is 17.4. The third kappa shape index (κ3) is 3.01. The van der Waals surface area contributed by atoms with Crippen LogP contribution in [-0.2, 0) is 9.53 Å². The Hall–Kier alpha value is -1.64. The van der Waals surface area contributed by atoms with E-state index in [9.17, 15) is 9.59 Å². The number of rotatable bonds is 3. The number of hydrogen-bond acceptors (Lipinski definition) is 3. The zero-order valence-electron chi connectivity index (χ0n) is 15.0. The molecule has 1 unspecified atom stereocenters. The summed E-state index contributed by atoms with van der Waals surface area (Å²) in [6.07, 6.45) is 5.03. The Kier molecular flexibility index (Phi) is 4.54. The van der Waals surface area contributed by atoms with Gasteiger partial charge in [0.1, 0.15) is 12.4 Å². The minimum absolute atomic E-state index is 0.0476. The normalized spacial score (nSPS) is 32.0. The molecule has 0 radical (unpaired) electrons. The molecule has 0 bridgehead atoms. The first kappa shape index (κ1) is 17.2. The molecule has 2 saturated carbocycles. The van der Waals surface area contributed by atoms with Gasteiger partial charge in [0.25, 0.3) is 0 Å². The fourth-order valence-electron chi connectivity index (χ4n) is 5.23. The van der Waals surface area contributed by atoms with Gasteiger partial charge >= 0.3 is 5.97 Å². The van der Waals surface area contributed by atoms with Crippen molar-refractivity contribution in [2.45, 2.75) is 52.9 Å². The molecule has 3 nitrogen and oxygen atoms in total.